The third kappa shape index (κ3) is 4.60. The molecule has 2 aliphatic heterocycles. The van der Waals surface area contributed by atoms with Crippen LogP contribution in [0.4, 0.5) is 14.6 Å². The number of carbonyl (C=O) groups is 1. The fourth-order valence-electron chi connectivity index (χ4n) is 7.00. The molecule has 2 saturated heterocycles. The van der Waals surface area contributed by atoms with Crippen molar-refractivity contribution in [3.63, 3.8) is 0 Å². The molecule has 46 heavy (non-hydrogen) atoms. The Morgan fingerprint density at radius 3 is 2.74 bits per heavy atom. The lowest BCUT2D eigenvalue weighted by Crippen LogP contribution is -2.57. The highest BCUT2D eigenvalue weighted by atomic mass is 35.5. The first-order valence-electron chi connectivity index (χ1n) is 15.1. The molecular weight excluding hydrogens is 612 g/mol. The Morgan fingerprint density at radius 1 is 1.24 bits per heavy atom. The number of rotatable bonds is 6. The lowest BCUT2D eigenvalue weighted by atomic mass is 9.93. The number of fused-ring (bicyclic) bond motifs is 4. The van der Waals surface area contributed by atoms with E-state index < -0.39 is 11.6 Å². The van der Waals surface area contributed by atoms with Gasteiger partial charge in [-0.3, -0.25) is 9.89 Å². The van der Waals surface area contributed by atoms with Gasteiger partial charge in [0, 0.05) is 59.7 Å². The number of halogens is 3. The molecule has 7 rings (SSSR count). The van der Waals surface area contributed by atoms with E-state index in [4.69, 9.17) is 21.6 Å². The number of amides is 1. The standard InChI is InChI=1S/C33H32ClF2N9O/c1-5-26(46)44-9-7-19(10-18(44)6-8-37)45-16-38-31-32(45)21-11-23(34)28(27-17(2)24(35)12-25-22(27)13-39-41-25)29(36)30(21)40-33(31)43-14-20(15-43)42(3)4/h5,11-13,16,18-20H,1,6-7,9-10,14-15H2,2-4H3,(H,39,41)/t18-,19+/m1/s1. The van der Waals surface area contributed by atoms with E-state index in [1.807, 2.05) is 18.7 Å². The Kier molecular flexibility index (Phi) is 7.41. The summed E-state index contributed by atoms with van der Waals surface area (Å²) in [4.78, 5) is 28.2. The van der Waals surface area contributed by atoms with Gasteiger partial charge in [0.2, 0.25) is 5.91 Å². The fourth-order valence-corrected chi connectivity index (χ4v) is 7.29. The fraction of sp³-hybridized carbons (Fsp3) is 0.364. The van der Waals surface area contributed by atoms with Crippen molar-refractivity contribution < 1.29 is 13.6 Å². The lowest BCUT2D eigenvalue weighted by molar-refractivity contribution is -0.130. The van der Waals surface area contributed by atoms with Crippen molar-refractivity contribution >= 4 is 56.2 Å². The van der Waals surface area contributed by atoms with Crippen LogP contribution in [0.5, 0.6) is 0 Å². The number of aromatic nitrogens is 5. The number of nitrogens with one attached hydrogen (secondary N) is 1. The second-order valence-corrected chi connectivity index (χ2v) is 12.8. The molecule has 236 valence electrons. The van der Waals surface area contributed by atoms with Crippen LogP contribution >= 0.6 is 11.6 Å². The quantitative estimate of drug-likeness (QED) is 0.235. The van der Waals surface area contributed by atoms with E-state index in [2.05, 4.69) is 32.6 Å². The molecule has 3 aromatic heterocycles. The minimum absolute atomic E-state index is 0.0570. The van der Waals surface area contributed by atoms with Gasteiger partial charge in [0.15, 0.2) is 11.6 Å². The summed E-state index contributed by atoms with van der Waals surface area (Å²) >= 11 is 6.91. The van der Waals surface area contributed by atoms with Crippen molar-refractivity contribution in [1.82, 2.24) is 34.5 Å². The van der Waals surface area contributed by atoms with Crippen LogP contribution in [-0.2, 0) is 4.79 Å². The predicted octanol–water partition coefficient (Wildman–Crippen LogP) is 5.75. The van der Waals surface area contributed by atoms with Gasteiger partial charge in [-0.1, -0.05) is 18.2 Å². The molecule has 2 aromatic carbocycles. The Hall–Kier alpha value is -4.60. The molecule has 10 nitrogen and oxygen atoms in total. The van der Waals surface area contributed by atoms with E-state index in [0.29, 0.717) is 77.2 Å². The van der Waals surface area contributed by atoms with Crippen LogP contribution in [0, 0.1) is 29.9 Å². The number of hydrogen-bond acceptors (Lipinski definition) is 7. The maximum atomic E-state index is 17.0. The number of carbonyl (C=O) groups excluding carboxylic acids is 1. The molecule has 13 heteroatoms. The number of likely N-dealkylation sites (N-methyl/N-ethyl adjacent to an activating group) is 1. The molecule has 5 heterocycles. The van der Waals surface area contributed by atoms with Crippen LogP contribution in [0.3, 0.4) is 0 Å². The average molecular weight is 644 g/mol. The number of likely N-dealkylation sites (tertiary alicyclic amines) is 1. The third-order valence-corrected chi connectivity index (χ3v) is 9.92. The van der Waals surface area contributed by atoms with Gasteiger partial charge >= 0.3 is 0 Å². The zero-order chi connectivity index (χ0) is 32.4. The van der Waals surface area contributed by atoms with Gasteiger partial charge in [-0.2, -0.15) is 10.4 Å². The highest BCUT2D eigenvalue weighted by Crippen LogP contribution is 2.45. The van der Waals surface area contributed by atoms with E-state index in [0.717, 1.165) is 0 Å². The van der Waals surface area contributed by atoms with Crippen molar-refractivity contribution in [1.29, 1.82) is 5.26 Å². The molecule has 0 saturated carbocycles. The van der Waals surface area contributed by atoms with Crippen LogP contribution in [0.25, 0.3) is 44.0 Å². The first-order chi connectivity index (χ1) is 22.1. The summed E-state index contributed by atoms with van der Waals surface area (Å²) in [6, 6.07) is 5.11. The third-order valence-electron chi connectivity index (χ3n) is 9.62. The molecule has 0 bridgehead atoms. The van der Waals surface area contributed by atoms with Gasteiger partial charge in [-0.25, -0.2) is 18.7 Å². The molecule has 0 unspecified atom stereocenters. The molecule has 1 amide bonds. The van der Waals surface area contributed by atoms with Gasteiger partial charge in [0.25, 0.3) is 0 Å². The zero-order valence-electron chi connectivity index (χ0n) is 25.7. The van der Waals surface area contributed by atoms with Crippen LogP contribution in [-0.4, -0.2) is 86.3 Å². The number of nitriles is 1. The summed E-state index contributed by atoms with van der Waals surface area (Å²) in [7, 11) is 4.04. The van der Waals surface area contributed by atoms with Gasteiger partial charge in [-0.15, -0.1) is 0 Å². The van der Waals surface area contributed by atoms with Gasteiger partial charge in [0.05, 0.1) is 41.1 Å². The van der Waals surface area contributed by atoms with Gasteiger partial charge in [-0.05, 0) is 57.6 Å². The maximum Gasteiger partial charge on any atom is 0.246 e. The number of pyridine rings is 1. The van der Waals surface area contributed by atoms with E-state index >= 15 is 8.78 Å². The van der Waals surface area contributed by atoms with Crippen molar-refractivity contribution in [2.24, 2.45) is 0 Å². The summed E-state index contributed by atoms with van der Waals surface area (Å²) in [6.07, 6.45) is 5.85. The average Bonchev–Trinajstić information content (AvgIpc) is 3.66. The number of nitrogens with zero attached hydrogens (tertiary/aromatic N) is 8. The van der Waals surface area contributed by atoms with E-state index in [1.165, 1.54) is 18.3 Å². The number of H-pyrrole nitrogens is 1. The summed E-state index contributed by atoms with van der Waals surface area (Å²) in [6.45, 7) is 7.04. The van der Waals surface area contributed by atoms with Gasteiger partial charge in [0.1, 0.15) is 16.9 Å². The van der Waals surface area contributed by atoms with Crippen LogP contribution in [0.1, 0.15) is 30.9 Å². The predicted molar refractivity (Wildman–Crippen MR) is 174 cm³/mol. The minimum Gasteiger partial charge on any atom is -0.351 e. The topological polar surface area (TPSA) is 110 Å². The van der Waals surface area contributed by atoms with E-state index in [9.17, 15) is 10.1 Å². The number of anilines is 1. The lowest BCUT2D eigenvalue weighted by Gasteiger charge is -2.43. The number of aromatic amines is 1. The molecule has 2 fully saturated rings. The maximum absolute atomic E-state index is 17.0. The molecule has 1 N–H and O–H groups in total. The minimum atomic E-state index is -0.659. The highest BCUT2D eigenvalue weighted by molar-refractivity contribution is 6.35. The molecule has 5 aromatic rings. The molecule has 0 radical (unpaired) electrons. The molecule has 2 atom stereocenters. The SMILES string of the molecule is C=CC(=O)N1CC[C@H](n2cnc3c(N4CC(N(C)C)C4)nc4c(F)c(-c5c(C)c(F)cc6[nH]ncc56)c(Cl)cc4c32)C[C@H]1CC#N. The first-order valence-corrected chi connectivity index (χ1v) is 15.5. The number of imidazole rings is 1. The monoisotopic (exact) mass is 643 g/mol. The number of hydrogen-bond donors (Lipinski definition) is 1. The molecule has 2 aliphatic rings. The van der Waals surface area contributed by atoms with Crippen molar-refractivity contribution in [3.8, 4) is 17.2 Å². The normalized spacial score (nSPS) is 18.9. The van der Waals surface area contributed by atoms with Crippen molar-refractivity contribution in [3.05, 3.63) is 59.5 Å². The molecule has 0 spiro atoms. The second-order valence-electron chi connectivity index (χ2n) is 12.4. The summed E-state index contributed by atoms with van der Waals surface area (Å²) in [5, 5.41) is 17.5. The van der Waals surface area contributed by atoms with Crippen molar-refractivity contribution in [2.45, 2.75) is 44.3 Å². The smallest absolute Gasteiger partial charge is 0.246 e. The molecule has 0 aliphatic carbocycles. The first kappa shape index (κ1) is 30.1. The number of piperidine rings is 1. The Bertz CT molecular complexity index is 2090. The van der Waals surface area contributed by atoms with Crippen molar-refractivity contribution in [2.75, 3.05) is 38.6 Å². The van der Waals surface area contributed by atoms with Gasteiger partial charge < -0.3 is 19.3 Å². The van der Waals surface area contributed by atoms with E-state index in [-0.39, 0.29) is 46.1 Å². The molecular formula is C33H32ClF2N9O. The van der Waals surface area contributed by atoms with Crippen LogP contribution in [0.15, 0.2) is 37.3 Å². The Balaban J connectivity index is 1.45. The second kappa shape index (κ2) is 11.3. The Morgan fingerprint density at radius 2 is 2.02 bits per heavy atom. The highest BCUT2D eigenvalue weighted by Gasteiger charge is 2.36. The van der Waals surface area contributed by atoms with Crippen LogP contribution in [0.2, 0.25) is 5.02 Å². The Labute approximate surface area is 268 Å². The van der Waals surface area contributed by atoms with E-state index in [1.54, 1.807) is 24.2 Å². The summed E-state index contributed by atoms with van der Waals surface area (Å²) in [5.74, 6) is -0.815. The largest absolute Gasteiger partial charge is 0.351 e. The van der Waals surface area contributed by atoms with Crippen LogP contribution < -0.4 is 4.90 Å². The summed E-state index contributed by atoms with van der Waals surface area (Å²) in [5.41, 5.74) is 2.45. The number of benzene rings is 2. The zero-order valence-corrected chi connectivity index (χ0v) is 26.4. The summed E-state index contributed by atoms with van der Waals surface area (Å²) < 4.78 is 34.1.